The fraction of sp³-hybridized carbons (Fsp3) is 0.786. The van der Waals surface area contributed by atoms with Gasteiger partial charge in [0.15, 0.2) is 0 Å². The van der Waals surface area contributed by atoms with Gasteiger partial charge in [0, 0.05) is 12.1 Å². The first-order chi connectivity index (χ1) is 7.56. The van der Waals surface area contributed by atoms with E-state index in [-0.39, 0.29) is 11.4 Å². The fourth-order valence-electron chi connectivity index (χ4n) is 2.30. The Morgan fingerprint density at radius 3 is 2.12 bits per heavy atom. The molecule has 0 aromatic rings. The van der Waals surface area contributed by atoms with E-state index in [4.69, 9.17) is 4.74 Å². The number of carbonyl (C=O) groups is 1. The van der Waals surface area contributed by atoms with E-state index in [1.165, 1.54) is 0 Å². The number of ether oxygens (including phenoxy) is 1. The molecule has 0 aromatic carbocycles. The molecule has 0 N–H and O–H groups in total. The van der Waals surface area contributed by atoms with Crippen molar-refractivity contribution in [2.75, 3.05) is 6.54 Å². The van der Waals surface area contributed by atoms with Crippen molar-refractivity contribution in [1.29, 1.82) is 0 Å². The van der Waals surface area contributed by atoms with E-state index in [2.05, 4.69) is 32.3 Å². The molecular formula is C14H25NO2. The van der Waals surface area contributed by atoms with Crippen LogP contribution in [0.3, 0.4) is 0 Å². The summed E-state index contributed by atoms with van der Waals surface area (Å²) in [7, 11) is 0. The Morgan fingerprint density at radius 2 is 1.82 bits per heavy atom. The lowest BCUT2D eigenvalue weighted by Gasteiger charge is -2.21. The Morgan fingerprint density at radius 1 is 1.29 bits per heavy atom. The molecule has 1 unspecified atom stereocenters. The maximum Gasteiger partial charge on any atom is 0.320 e. The fourth-order valence-corrected chi connectivity index (χ4v) is 2.30. The molecule has 1 saturated heterocycles. The lowest BCUT2D eigenvalue weighted by Crippen LogP contribution is -2.30. The van der Waals surface area contributed by atoms with Gasteiger partial charge in [-0.3, -0.25) is 9.69 Å². The molecule has 0 aromatic heterocycles. The average molecular weight is 239 g/mol. The van der Waals surface area contributed by atoms with Crippen molar-refractivity contribution >= 4 is 5.97 Å². The first-order valence-corrected chi connectivity index (χ1v) is 6.16. The molecule has 98 valence electrons. The number of rotatable bonds is 3. The summed E-state index contributed by atoms with van der Waals surface area (Å²) in [4.78, 5) is 13.9. The summed E-state index contributed by atoms with van der Waals surface area (Å²) in [5.74, 6) is -0.156. The van der Waals surface area contributed by atoms with Gasteiger partial charge in [0.2, 0.25) is 0 Å². The quantitative estimate of drug-likeness (QED) is 0.431. The smallest absolute Gasteiger partial charge is 0.320 e. The van der Waals surface area contributed by atoms with Crippen LogP contribution >= 0.6 is 0 Å². The Kier molecular flexibility index (Phi) is 3.72. The second-order valence-corrected chi connectivity index (χ2v) is 6.80. The van der Waals surface area contributed by atoms with Gasteiger partial charge in [0.05, 0.1) is 6.54 Å². The first kappa shape index (κ1) is 14.2. The highest BCUT2D eigenvalue weighted by Crippen LogP contribution is 2.41. The van der Waals surface area contributed by atoms with Gasteiger partial charge in [-0.25, -0.2) is 0 Å². The zero-order valence-corrected chi connectivity index (χ0v) is 11.9. The highest BCUT2D eigenvalue weighted by Gasteiger charge is 2.52. The molecule has 0 radical (unpaired) electrons. The maximum atomic E-state index is 11.7. The van der Waals surface area contributed by atoms with Gasteiger partial charge in [-0.15, -0.1) is 6.58 Å². The zero-order chi connectivity index (χ0) is 13.4. The summed E-state index contributed by atoms with van der Waals surface area (Å²) in [5, 5.41) is 0. The molecule has 17 heavy (non-hydrogen) atoms. The Balaban J connectivity index is 2.54. The Labute approximate surface area is 105 Å². The molecule has 0 aliphatic carbocycles. The minimum Gasteiger partial charge on any atom is -0.459 e. The standard InChI is InChI=1S/C14H25NO2/c1-8-10-12(13(2,3)4)15(10)9-11(16)17-14(5,6)7/h8,10,12H,1,9H2,2-7H3/t10-,12+,15?/m1/s1. The van der Waals surface area contributed by atoms with Crippen molar-refractivity contribution < 1.29 is 9.53 Å². The van der Waals surface area contributed by atoms with Gasteiger partial charge in [0.25, 0.3) is 0 Å². The van der Waals surface area contributed by atoms with Crippen LogP contribution in [0.2, 0.25) is 0 Å². The average Bonchev–Trinajstić information content (AvgIpc) is 2.73. The normalized spacial score (nSPS) is 28.7. The van der Waals surface area contributed by atoms with Crippen molar-refractivity contribution in [2.24, 2.45) is 5.41 Å². The van der Waals surface area contributed by atoms with Gasteiger partial charge in [-0.05, 0) is 26.2 Å². The second kappa shape index (κ2) is 4.45. The number of carbonyl (C=O) groups excluding carboxylic acids is 1. The molecule has 0 amide bonds. The van der Waals surface area contributed by atoms with E-state index >= 15 is 0 Å². The van der Waals surface area contributed by atoms with E-state index in [1.807, 2.05) is 26.8 Å². The third-order valence-corrected chi connectivity index (χ3v) is 2.83. The largest absolute Gasteiger partial charge is 0.459 e. The van der Waals surface area contributed by atoms with Crippen molar-refractivity contribution in [2.45, 2.75) is 59.2 Å². The third kappa shape index (κ3) is 3.84. The summed E-state index contributed by atoms with van der Waals surface area (Å²) in [6, 6.07) is 0.704. The van der Waals surface area contributed by atoms with Crippen molar-refractivity contribution in [3.8, 4) is 0 Å². The van der Waals surface area contributed by atoms with Crippen molar-refractivity contribution in [3.63, 3.8) is 0 Å². The molecule has 0 bridgehead atoms. The van der Waals surface area contributed by atoms with Crippen LogP contribution < -0.4 is 0 Å². The second-order valence-electron chi connectivity index (χ2n) is 6.80. The predicted molar refractivity (Wildman–Crippen MR) is 69.8 cm³/mol. The summed E-state index contributed by atoms with van der Waals surface area (Å²) >= 11 is 0. The van der Waals surface area contributed by atoms with Gasteiger partial charge >= 0.3 is 5.97 Å². The van der Waals surface area contributed by atoms with E-state index in [9.17, 15) is 4.79 Å². The lowest BCUT2D eigenvalue weighted by molar-refractivity contribution is -0.155. The molecule has 1 fully saturated rings. The van der Waals surface area contributed by atoms with Crippen molar-refractivity contribution in [3.05, 3.63) is 12.7 Å². The van der Waals surface area contributed by atoms with Gasteiger partial charge in [-0.1, -0.05) is 26.8 Å². The molecule has 3 heteroatoms. The summed E-state index contributed by atoms with van der Waals surface area (Å²) in [5.41, 5.74) is -0.241. The molecule has 1 rings (SSSR count). The monoisotopic (exact) mass is 239 g/mol. The van der Waals surface area contributed by atoms with Crippen molar-refractivity contribution in [1.82, 2.24) is 4.90 Å². The van der Waals surface area contributed by atoms with Crippen LogP contribution in [-0.4, -0.2) is 35.1 Å². The lowest BCUT2D eigenvalue weighted by atomic mass is 9.90. The molecule has 1 aliphatic heterocycles. The topological polar surface area (TPSA) is 29.3 Å². The van der Waals surface area contributed by atoms with Gasteiger partial charge in [0.1, 0.15) is 5.60 Å². The molecule has 0 spiro atoms. The van der Waals surface area contributed by atoms with E-state index in [0.29, 0.717) is 18.6 Å². The summed E-state index contributed by atoms with van der Waals surface area (Å²) < 4.78 is 5.33. The molecule has 3 atom stereocenters. The van der Waals surface area contributed by atoms with E-state index in [1.54, 1.807) is 0 Å². The summed E-state index contributed by atoms with van der Waals surface area (Å²) in [6.45, 7) is 16.4. The number of nitrogens with zero attached hydrogens (tertiary/aromatic N) is 1. The number of hydrogen-bond donors (Lipinski definition) is 0. The Hall–Kier alpha value is -0.830. The molecular weight excluding hydrogens is 214 g/mol. The van der Waals surface area contributed by atoms with Crippen LogP contribution in [0.25, 0.3) is 0 Å². The van der Waals surface area contributed by atoms with Gasteiger partial charge < -0.3 is 4.74 Å². The van der Waals surface area contributed by atoms with E-state index < -0.39 is 5.60 Å². The van der Waals surface area contributed by atoms with Crippen LogP contribution in [0.4, 0.5) is 0 Å². The zero-order valence-electron chi connectivity index (χ0n) is 11.9. The Bertz CT molecular complexity index is 309. The van der Waals surface area contributed by atoms with Crippen LogP contribution in [0.1, 0.15) is 41.5 Å². The van der Waals surface area contributed by atoms with Crippen LogP contribution in [0.5, 0.6) is 0 Å². The highest BCUT2D eigenvalue weighted by atomic mass is 16.6. The maximum absolute atomic E-state index is 11.7. The molecule has 1 aliphatic rings. The molecule has 0 saturated carbocycles. The van der Waals surface area contributed by atoms with E-state index in [0.717, 1.165) is 0 Å². The minimum atomic E-state index is -0.409. The minimum absolute atomic E-state index is 0.156. The predicted octanol–water partition coefficient (Wildman–Crippen LogP) is 2.61. The van der Waals surface area contributed by atoms with Crippen LogP contribution in [0.15, 0.2) is 12.7 Å². The number of esters is 1. The number of hydrogen-bond acceptors (Lipinski definition) is 3. The molecule has 1 heterocycles. The van der Waals surface area contributed by atoms with Gasteiger partial charge in [-0.2, -0.15) is 0 Å². The SMILES string of the molecule is C=C[C@@H]1[C@@H](C(C)(C)C)N1CC(=O)OC(C)(C)C. The van der Waals surface area contributed by atoms with Crippen LogP contribution in [0, 0.1) is 5.41 Å². The molecule has 3 nitrogen and oxygen atoms in total. The highest BCUT2D eigenvalue weighted by molar-refractivity contribution is 5.73. The first-order valence-electron chi connectivity index (χ1n) is 6.16. The third-order valence-electron chi connectivity index (χ3n) is 2.83. The van der Waals surface area contributed by atoms with Crippen LogP contribution in [-0.2, 0) is 9.53 Å². The summed E-state index contributed by atoms with van der Waals surface area (Å²) in [6.07, 6.45) is 1.92.